The van der Waals surface area contributed by atoms with Gasteiger partial charge in [-0.2, -0.15) is 5.10 Å². The fourth-order valence-electron chi connectivity index (χ4n) is 3.27. The second-order valence-electron chi connectivity index (χ2n) is 8.24. The molecule has 1 aromatic carbocycles. The number of methoxy groups -OCH3 is 1. The summed E-state index contributed by atoms with van der Waals surface area (Å²) in [5, 5.41) is 4.68. The van der Waals surface area contributed by atoms with Crippen LogP contribution in [-0.2, 0) is 5.54 Å². The number of amides is 1. The van der Waals surface area contributed by atoms with Gasteiger partial charge in [0.2, 0.25) is 0 Å². The van der Waals surface area contributed by atoms with Gasteiger partial charge < -0.3 is 9.64 Å². The van der Waals surface area contributed by atoms with Gasteiger partial charge in [0.25, 0.3) is 5.91 Å². The summed E-state index contributed by atoms with van der Waals surface area (Å²) in [5.41, 5.74) is 2.46. The van der Waals surface area contributed by atoms with E-state index >= 15 is 0 Å². The molecule has 1 heterocycles. The van der Waals surface area contributed by atoms with Crippen LogP contribution < -0.4 is 4.74 Å². The van der Waals surface area contributed by atoms with Crippen molar-refractivity contribution in [3.8, 4) is 5.75 Å². The standard InChI is InChI=1S/C22H33N3O2/c1-9-24(16(4)17-11-10-12-18(13-17)27-8)21(26)19-14-20(15(2)3)25(23-19)22(5,6)7/h10-16H,9H2,1-8H3. The lowest BCUT2D eigenvalue weighted by molar-refractivity contribution is 0.0694. The summed E-state index contributed by atoms with van der Waals surface area (Å²) in [6.45, 7) is 15.2. The first-order chi connectivity index (χ1) is 12.6. The number of aromatic nitrogens is 2. The minimum Gasteiger partial charge on any atom is -0.497 e. The first-order valence-corrected chi connectivity index (χ1v) is 9.65. The molecule has 2 rings (SSSR count). The monoisotopic (exact) mass is 371 g/mol. The average molecular weight is 372 g/mol. The van der Waals surface area contributed by atoms with E-state index in [9.17, 15) is 4.79 Å². The van der Waals surface area contributed by atoms with Gasteiger partial charge in [-0.25, -0.2) is 0 Å². The maximum Gasteiger partial charge on any atom is 0.274 e. The average Bonchev–Trinajstić information content (AvgIpc) is 3.08. The normalized spacial score (nSPS) is 12.9. The van der Waals surface area contributed by atoms with E-state index in [0.29, 0.717) is 18.2 Å². The molecule has 1 unspecified atom stereocenters. The SMILES string of the molecule is CCN(C(=O)c1cc(C(C)C)n(C(C)(C)C)n1)C(C)c1cccc(OC)c1. The number of ether oxygens (including phenoxy) is 1. The Morgan fingerprint density at radius 1 is 1.22 bits per heavy atom. The van der Waals surface area contributed by atoms with E-state index in [1.807, 2.05) is 53.8 Å². The van der Waals surface area contributed by atoms with Crippen molar-refractivity contribution in [2.75, 3.05) is 13.7 Å². The zero-order valence-corrected chi connectivity index (χ0v) is 17.9. The summed E-state index contributed by atoms with van der Waals surface area (Å²) >= 11 is 0. The summed E-state index contributed by atoms with van der Waals surface area (Å²) in [5.74, 6) is 1.05. The van der Waals surface area contributed by atoms with Crippen molar-refractivity contribution in [2.45, 2.75) is 66.0 Å². The van der Waals surface area contributed by atoms with Crippen molar-refractivity contribution < 1.29 is 9.53 Å². The topological polar surface area (TPSA) is 47.4 Å². The van der Waals surface area contributed by atoms with Crippen molar-refractivity contribution in [2.24, 2.45) is 0 Å². The van der Waals surface area contributed by atoms with Crippen molar-refractivity contribution >= 4 is 5.91 Å². The molecule has 2 aromatic rings. The summed E-state index contributed by atoms with van der Waals surface area (Å²) < 4.78 is 7.31. The number of hydrogen-bond donors (Lipinski definition) is 0. The number of carbonyl (C=O) groups is 1. The van der Waals surface area contributed by atoms with E-state index in [4.69, 9.17) is 4.74 Å². The molecule has 0 aliphatic heterocycles. The molecule has 0 aliphatic carbocycles. The minimum atomic E-state index is -0.173. The highest BCUT2D eigenvalue weighted by Crippen LogP contribution is 2.27. The summed E-state index contributed by atoms with van der Waals surface area (Å²) in [6.07, 6.45) is 0. The maximum absolute atomic E-state index is 13.3. The van der Waals surface area contributed by atoms with Crippen LogP contribution in [-0.4, -0.2) is 34.2 Å². The van der Waals surface area contributed by atoms with Gasteiger partial charge in [0.05, 0.1) is 18.7 Å². The summed E-state index contributed by atoms with van der Waals surface area (Å²) in [4.78, 5) is 15.1. The Kier molecular flexibility index (Phi) is 6.34. The largest absolute Gasteiger partial charge is 0.497 e. The predicted molar refractivity (Wildman–Crippen MR) is 109 cm³/mol. The van der Waals surface area contributed by atoms with Crippen LogP contribution >= 0.6 is 0 Å². The fourth-order valence-corrected chi connectivity index (χ4v) is 3.27. The minimum absolute atomic E-state index is 0.0438. The number of carbonyl (C=O) groups excluding carboxylic acids is 1. The van der Waals surface area contributed by atoms with Gasteiger partial charge in [-0.1, -0.05) is 26.0 Å². The van der Waals surface area contributed by atoms with Crippen molar-refractivity contribution in [3.63, 3.8) is 0 Å². The Balaban J connectivity index is 2.39. The molecular formula is C22H33N3O2. The van der Waals surface area contributed by atoms with E-state index in [0.717, 1.165) is 17.0 Å². The maximum atomic E-state index is 13.3. The molecule has 148 valence electrons. The Labute approximate surface area is 163 Å². The van der Waals surface area contributed by atoms with Crippen LogP contribution in [0.2, 0.25) is 0 Å². The molecule has 0 spiro atoms. The summed E-state index contributed by atoms with van der Waals surface area (Å²) in [7, 11) is 1.65. The van der Waals surface area contributed by atoms with Crippen LogP contribution in [0.25, 0.3) is 0 Å². The molecule has 0 fully saturated rings. The second-order valence-corrected chi connectivity index (χ2v) is 8.24. The van der Waals surface area contributed by atoms with Gasteiger partial charge in [-0.15, -0.1) is 0 Å². The van der Waals surface area contributed by atoms with E-state index in [1.165, 1.54) is 0 Å². The van der Waals surface area contributed by atoms with Crippen LogP contribution in [0.4, 0.5) is 0 Å². The zero-order chi connectivity index (χ0) is 20.4. The van der Waals surface area contributed by atoms with E-state index in [1.54, 1.807) is 7.11 Å². The Morgan fingerprint density at radius 2 is 1.89 bits per heavy atom. The van der Waals surface area contributed by atoms with Gasteiger partial charge in [0.15, 0.2) is 5.69 Å². The van der Waals surface area contributed by atoms with Crippen molar-refractivity contribution in [1.29, 1.82) is 0 Å². The second kappa shape index (κ2) is 8.15. The highest BCUT2D eigenvalue weighted by Gasteiger charge is 2.28. The van der Waals surface area contributed by atoms with Crippen LogP contribution in [0.15, 0.2) is 30.3 Å². The van der Waals surface area contributed by atoms with Crippen LogP contribution in [0.1, 0.15) is 82.2 Å². The number of nitrogens with zero attached hydrogens (tertiary/aromatic N) is 3. The third kappa shape index (κ3) is 4.52. The molecule has 0 N–H and O–H groups in total. The first-order valence-electron chi connectivity index (χ1n) is 9.65. The third-order valence-corrected chi connectivity index (χ3v) is 4.83. The highest BCUT2D eigenvalue weighted by molar-refractivity contribution is 5.92. The molecule has 0 bridgehead atoms. The first kappa shape index (κ1) is 21.0. The van der Waals surface area contributed by atoms with E-state index in [2.05, 4.69) is 39.7 Å². The molecule has 27 heavy (non-hydrogen) atoms. The van der Waals surface area contributed by atoms with Gasteiger partial charge in [0.1, 0.15) is 5.75 Å². The highest BCUT2D eigenvalue weighted by atomic mass is 16.5. The molecule has 1 aromatic heterocycles. The molecule has 1 atom stereocenters. The number of hydrogen-bond acceptors (Lipinski definition) is 3. The van der Waals surface area contributed by atoms with Gasteiger partial charge in [0, 0.05) is 12.2 Å². The van der Waals surface area contributed by atoms with Gasteiger partial charge in [-0.3, -0.25) is 9.48 Å². The lowest BCUT2D eigenvalue weighted by atomic mass is 10.0. The Hall–Kier alpha value is -2.30. The molecule has 0 saturated heterocycles. The quantitative estimate of drug-likeness (QED) is 0.718. The van der Waals surface area contributed by atoms with Gasteiger partial charge in [-0.05, 0) is 64.3 Å². The lowest BCUT2D eigenvalue weighted by Gasteiger charge is -2.28. The molecule has 5 nitrogen and oxygen atoms in total. The number of rotatable bonds is 6. The van der Waals surface area contributed by atoms with Crippen LogP contribution in [0.5, 0.6) is 5.75 Å². The smallest absolute Gasteiger partial charge is 0.274 e. The van der Waals surface area contributed by atoms with E-state index < -0.39 is 0 Å². The molecule has 0 radical (unpaired) electrons. The van der Waals surface area contributed by atoms with Crippen molar-refractivity contribution in [3.05, 3.63) is 47.3 Å². The number of benzene rings is 1. The third-order valence-electron chi connectivity index (χ3n) is 4.83. The summed E-state index contributed by atoms with van der Waals surface area (Å²) in [6, 6.07) is 9.74. The molecule has 1 amide bonds. The van der Waals surface area contributed by atoms with Crippen molar-refractivity contribution in [1.82, 2.24) is 14.7 Å². The van der Waals surface area contributed by atoms with Crippen LogP contribution in [0.3, 0.4) is 0 Å². The fraction of sp³-hybridized carbons (Fsp3) is 0.545. The molecule has 0 aliphatic rings. The predicted octanol–water partition coefficient (Wildman–Crippen LogP) is 4.99. The molecular weight excluding hydrogens is 338 g/mol. The van der Waals surface area contributed by atoms with Crippen LogP contribution in [0, 0.1) is 0 Å². The Morgan fingerprint density at radius 3 is 2.37 bits per heavy atom. The zero-order valence-electron chi connectivity index (χ0n) is 17.9. The molecule has 5 heteroatoms. The van der Waals surface area contributed by atoms with E-state index in [-0.39, 0.29) is 17.5 Å². The molecule has 0 saturated carbocycles. The lowest BCUT2D eigenvalue weighted by Crippen LogP contribution is -2.34. The van der Waals surface area contributed by atoms with Gasteiger partial charge >= 0.3 is 0 Å². The Bertz CT molecular complexity index is 787.